The number of benzene rings is 4. The van der Waals surface area contributed by atoms with Crippen LogP contribution < -0.4 is 0 Å². The summed E-state index contributed by atoms with van der Waals surface area (Å²) in [5.41, 5.74) is 2.23. The molecule has 0 aromatic heterocycles. The van der Waals surface area contributed by atoms with E-state index in [9.17, 15) is 0 Å². The van der Waals surface area contributed by atoms with Crippen LogP contribution in [0, 0.1) is 11.8 Å². The highest BCUT2D eigenvalue weighted by Crippen LogP contribution is 2.18. The molecule has 0 aliphatic heterocycles. The molecule has 0 spiro atoms. The van der Waals surface area contributed by atoms with E-state index >= 15 is 0 Å². The largest absolute Gasteiger partial charge is 0.0696 e. The van der Waals surface area contributed by atoms with E-state index in [1.807, 2.05) is 6.08 Å². The predicted octanol–water partition coefficient (Wildman–Crippen LogP) is 6.06. The van der Waals surface area contributed by atoms with Crippen molar-refractivity contribution in [2.24, 2.45) is 0 Å². The van der Waals surface area contributed by atoms with Crippen molar-refractivity contribution in [1.82, 2.24) is 0 Å². The van der Waals surface area contributed by atoms with Crippen LogP contribution in [0.1, 0.15) is 11.1 Å². The molecule has 0 saturated carbocycles. The van der Waals surface area contributed by atoms with Crippen LogP contribution in [0.15, 0.2) is 91.0 Å². The molecule has 0 fully saturated rings. The number of fused-ring (bicyclic) bond motifs is 2. The Hall–Kier alpha value is -3.30. The van der Waals surface area contributed by atoms with Gasteiger partial charge in [0, 0.05) is 5.56 Å². The van der Waals surface area contributed by atoms with Crippen LogP contribution in [-0.4, -0.2) is 0 Å². The van der Waals surface area contributed by atoms with Crippen molar-refractivity contribution in [3.05, 3.63) is 102 Å². The van der Waals surface area contributed by atoms with Gasteiger partial charge < -0.3 is 0 Å². The Kier molecular flexibility index (Phi) is 3.84. The van der Waals surface area contributed by atoms with Crippen LogP contribution in [0.2, 0.25) is 0 Å². The molecule has 4 aromatic rings. The van der Waals surface area contributed by atoms with Crippen LogP contribution in [-0.2, 0) is 0 Å². The lowest BCUT2D eigenvalue weighted by Gasteiger charge is -1.99. The minimum Gasteiger partial charge on any atom is -0.0696 e. The SMILES string of the molecule is C(#Cc1cccc2ccccc12)/C=C\c1ccc2ccccc2c1. The van der Waals surface area contributed by atoms with E-state index in [1.54, 1.807) is 0 Å². The first-order chi connectivity index (χ1) is 11.9. The molecule has 0 bridgehead atoms. The molecule has 0 heteroatoms. The molecule has 0 amide bonds. The fraction of sp³-hybridized carbons (Fsp3) is 0. The minimum atomic E-state index is 1.07. The van der Waals surface area contributed by atoms with Crippen LogP contribution >= 0.6 is 0 Å². The quantitative estimate of drug-likeness (QED) is 0.375. The van der Waals surface area contributed by atoms with Gasteiger partial charge >= 0.3 is 0 Å². The van der Waals surface area contributed by atoms with Crippen molar-refractivity contribution in [1.29, 1.82) is 0 Å². The van der Waals surface area contributed by atoms with Gasteiger partial charge in [0.25, 0.3) is 0 Å². The van der Waals surface area contributed by atoms with E-state index in [2.05, 4.69) is 103 Å². The van der Waals surface area contributed by atoms with Gasteiger partial charge in [-0.15, -0.1) is 0 Å². The van der Waals surface area contributed by atoms with E-state index in [1.165, 1.54) is 27.1 Å². The predicted molar refractivity (Wildman–Crippen MR) is 104 cm³/mol. The number of rotatable bonds is 1. The average Bonchev–Trinajstić information content (AvgIpc) is 2.65. The zero-order chi connectivity index (χ0) is 16.2. The van der Waals surface area contributed by atoms with Gasteiger partial charge in [-0.05, 0) is 51.4 Å². The molecule has 4 aromatic carbocycles. The Bertz CT molecular complexity index is 1100. The topological polar surface area (TPSA) is 0 Å². The fourth-order valence-corrected chi connectivity index (χ4v) is 2.90. The summed E-state index contributed by atoms with van der Waals surface area (Å²) in [6.45, 7) is 0. The summed E-state index contributed by atoms with van der Waals surface area (Å²) < 4.78 is 0. The second-order valence-corrected chi connectivity index (χ2v) is 5.74. The lowest BCUT2D eigenvalue weighted by Crippen LogP contribution is -1.78. The molecule has 0 N–H and O–H groups in total. The first-order valence-corrected chi connectivity index (χ1v) is 8.05. The maximum Gasteiger partial charge on any atom is 0.0327 e. The lowest BCUT2D eigenvalue weighted by molar-refractivity contribution is 1.70. The van der Waals surface area contributed by atoms with Gasteiger partial charge in [-0.25, -0.2) is 0 Å². The Morgan fingerprint density at radius 2 is 1.38 bits per heavy atom. The Labute approximate surface area is 142 Å². The second-order valence-electron chi connectivity index (χ2n) is 5.74. The smallest absolute Gasteiger partial charge is 0.0327 e. The summed E-state index contributed by atoms with van der Waals surface area (Å²) in [7, 11) is 0. The van der Waals surface area contributed by atoms with Crippen molar-refractivity contribution < 1.29 is 0 Å². The molecule has 0 atom stereocenters. The Morgan fingerprint density at radius 3 is 2.29 bits per heavy atom. The van der Waals surface area contributed by atoms with E-state index in [4.69, 9.17) is 0 Å². The maximum absolute atomic E-state index is 3.26. The zero-order valence-electron chi connectivity index (χ0n) is 13.2. The molecular formula is C24H16. The first kappa shape index (κ1) is 14.3. The Balaban J connectivity index is 1.62. The van der Waals surface area contributed by atoms with Gasteiger partial charge in [0.05, 0.1) is 0 Å². The molecule has 4 rings (SSSR count). The fourth-order valence-electron chi connectivity index (χ4n) is 2.90. The monoisotopic (exact) mass is 304 g/mol. The molecule has 0 saturated heterocycles. The van der Waals surface area contributed by atoms with Crippen LogP contribution in [0.4, 0.5) is 0 Å². The first-order valence-electron chi connectivity index (χ1n) is 8.05. The minimum absolute atomic E-state index is 1.07. The molecule has 112 valence electrons. The van der Waals surface area contributed by atoms with Gasteiger partial charge in [-0.3, -0.25) is 0 Å². The van der Waals surface area contributed by atoms with Crippen molar-refractivity contribution >= 4 is 27.6 Å². The molecule has 0 unspecified atom stereocenters. The molecule has 0 aliphatic carbocycles. The van der Waals surface area contributed by atoms with Crippen LogP contribution in [0.5, 0.6) is 0 Å². The molecule has 0 radical (unpaired) electrons. The van der Waals surface area contributed by atoms with Gasteiger partial charge in [0.2, 0.25) is 0 Å². The van der Waals surface area contributed by atoms with Crippen molar-refractivity contribution in [2.45, 2.75) is 0 Å². The van der Waals surface area contributed by atoms with Gasteiger partial charge in [-0.1, -0.05) is 84.6 Å². The van der Waals surface area contributed by atoms with Gasteiger partial charge in [-0.2, -0.15) is 0 Å². The number of hydrogen-bond donors (Lipinski definition) is 0. The van der Waals surface area contributed by atoms with Crippen molar-refractivity contribution in [3.63, 3.8) is 0 Å². The third kappa shape index (κ3) is 2.93. The van der Waals surface area contributed by atoms with Crippen LogP contribution in [0.3, 0.4) is 0 Å². The summed E-state index contributed by atoms with van der Waals surface area (Å²) in [6, 6.07) is 29.4. The summed E-state index contributed by atoms with van der Waals surface area (Å²) in [6.07, 6.45) is 3.98. The zero-order valence-corrected chi connectivity index (χ0v) is 13.2. The van der Waals surface area contributed by atoms with E-state index < -0.39 is 0 Å². The highest BCUT2D eigenvalue weighted by molar-refractivity contribution is 5.88. The van der Waals surface area contributed by atoms with Crippen molar-refractivity contribution in [3.8, 4) is 11.8 Å². The summed E-state index contributed by atoms with van der Waals surface area (Å²) in [5, 5.41) is 4.94. The molecule has 0 heterocycles. The maximum atomic E-state index is 3.26. The Morgan fingerprint density at radius 1 is 0.625 bits per heavy atom. The molecule has 0 nitrogen and oxygen atoms in total. The van der Waals surface area contributed by atoms with E-state index in [0.29, 0.717) is 0 Å². The summed E-state index contributed by atoms with van der Waals surface area (Å²) in [5.74, 6) is 6.42. The third-order valence-electron chi connectivity index (χ3n) is 4.13. The van der Waals surface area contributed by atoms with Gasteiger partial charge in [0.15, 0.2) is 0 Å². The normalized spacial score (nSPS) is 10.8. The number of allylic oxidation sites excluding steroid dienone is 1. The molecule has 0 aliphatic rings. The standard InChI is InChI=1S/C24H16/c1(8-19-16-17-20-9-3-4-12-23(20)18-19)2-10-21-13-7-14-22-11-5-6-15-24(21)22/h1,3-9,11-18H/b8-1-. The highest BCUT2D eigenvalue weighted by atomic mass is 14.0. The lowest BCUT2D eigenvalue weighted by atomic mass is 10.0. The van der Waals surface area contributed by atoms with Crippen LogP contribution in [0.25, 0.3) is 27.6 Å². The van der Waals surface area contributed by atoms with Gasteiger partial charge in [0.1, 0.15) is 0 Å². The van der Waals surface area contributed by atoms with Crippen molar-refractivity contribution in [2.75, 3.05) is 0 Å². The molecular weight excluding hydrogens is 288 g/mol. The summed E-state index contributed by atoms with van der Waals surface area (Å²) >= 11 is 0. The highest BCUT2D eigenvalue weighted by Gasteiger charge is 1.95. The number of hydrogen-bond acceptors (Lipinski definition) is 0. The third-order valence-corrected chi connectivity index (χ3v) is 4.13. The van der Waals surface area contributed by atoms with E-state index in [0.717, 1.165) is 5.56 Å². The van der Waals surface area contributed by atoms with E-state index in [-0.39, 0.29) is 0 Å². The average molecular weight is 304 g/mol. The molecule has 24 heavy (non-hydrogen) atoms. The second kappa shape index (κ2) is 6.44. The summed E-state index contributed by atoms with van der Waals surface area (Å²) in [4.78, 5) is 0.